The van der Waals surface area contributed by atoms with Crippen molar-refractivity contribution in [2.75, 3.05) is 11.6 Å². The van der Waals surface area contributed by atoms with E-state index < -0.39 is 0 Å². The fourth-order valence-electron chi connectivity index (χ4n) is 1.31. The summed E-state index contributed by atoms with van der Waals surface area (Å²) >= 11 is 6.13. The Morgan fingerprint density at radius 1 is 1.33 bits per heavy atom. The van der Waals surface area contributed by atoms with Crippen LogP contribution in [0, 0.1) is 6.92 Å². The van der Waals surface area contributed by atoms with Crippen LogP contribution in [0.1, 0.15) is 5.56 Å². The highest BCUT2D eigenvalue weighted by Gasteiger charge is 2.13. The third-order valence-corrected chi connectivity index (χ3v) is 2.66. The number of halogens is 1. The zero-order valence-electron chi connectivity index (χ0n) is 8.11. The number of nitrogens with zero attached hydrogens (tertiary/aromatic N) is 3. The lowest BCUT2D eigenvalue weighted by Crippen LogP contribution is -2.13. The predicted octanol–water partition coefficient (Wildman–Crippen LogP) is 1.20. The molecule has 2 aromatic rings. The van der Waals surface area contributed by atoms with Crippen molar-refractivity contribution in [2.45, 2.75) is 6.92 Å². The van der Waals surface area contributed by atoms with Crippen LogP contribution in [-0.2, 0) is 0 Å². The van der Waals surface area contributed by atoms with Crippen LogP contribution in [0.15, 0.2) is 18.2 Å². The number of benzene rings is 1. The van der Waals surface area contributed by atoms with E-state index in [0.29, 0.717) is 10.8 Å². The Kier molecular flexibility index (Phi) is 2.24. The summed E-state index contributed by atoms with van der Waals surface area (Å²) in [4.78, 5) is 0. The SMILES string of the molecule is Cc1cccc(-c2nnc(N)n2N)c1Cl. The first kappa shape index (κ1) is 9.79. The number of aromatic nitrogens is 3. The minimum atomic E-state index is 0.155. The second-order valence-electron chi connectivity index (χ2n) is 3.19. The lowest BCUT2D eigenvalue weighted by atomic mass is 10.1. The molecular formula is C9H10ClN5. The number of nitrogens with two attached hydrogens (primary N) is 2. The Bertz CT molecular complexity index is 505. The van der Waals surface area contributed by atoms with Gasteiger partial charge in [0.1, 0.15) is 0 Å². The molecule has 0 amide bonds. The maximum absolute atomic E-state index is 6.13. The molecule has 0 atom stereocenters. The molecule has 6 heteroatoms. The van der Waals surface area contributed by atoms with Crippen molar-refractivity contribution in [3.05, 3.63) is 28.8 Å². The third kappa shape index (κ3) is 1.50. The molecule has 0 bridgehead atoms. The number of anilines is 1. The summed E-state index contributed by atoms with van der Waals surface area (Å²) in [5, 5.41) is 8.14. The summed E-state index contributed by atoms with van der Waals surface area (Å²) in [7, 11) is 0. The average molecular weight is 224 g/mol. The van der Waals surface area contributed by atoms with Gasteiger partial charge in [0.15, 0.2) is 5.82 Å². The molecule has 1 aromatic carbocycles. The monoisotopic (exact) mass is 223 g/mol. The number of hydrogen-bond acceptors (Lipinski definition) is 4. The highest BCUT2D eigenvalue weighted by atomic mass is 35.5. The van der Waals surface area contributed by atoms with E-state index in [4.69, 9.17) is 23.2 Å². The topological polar surface area (TPSA) is 82.8 Å². The van der Waals surface area contributed by atoms with Gasteiger partial charge in [0.2, 0.25) is 5.95 Å². The molecule has 4 N–H and O–H groups in total. The molecule has 0 aliphatic heterocycles. The van der Waals surface area contributed by atoms with Crippen LogP contribution >= 0.6 is 11.6 Å². The number of nitrogen functional groups attached to an aromatic ring is 2. The molecule has 0 saturated carbocycles. The molecule has 78 valence electrons. The molecule has 1 heterocycles. The molecule has 0 spiro atoms. The van der Waals surface area contributed by atoms with E-state index in [0.717, 1.165) is 11.1 Å². The quantitative estimate of drug-likeness (QED) is 0.712. The van der Waals surface area contributed by atoms with Crippen molar-refractivity contribution in [3.63, 3.8) is 0 Å². The lowest BCUT2D eigenvalue weighted by Gasteiger charge is -2.05. The van der Waals surface area contributed by atoms with Gasteiger partial charge in [0.25, 0.3) is 0 Å². The first-order chi connectivity index (χ1) is 7.11. The minimum Gasteiger partial charge on any atom is -0.366 e. The number of aryl methyl sites for hydroxylation is 1. The van der Waals surface area contributed by atoms with Crippen LogP contribution in [0.2, 0.25) is 5.02 Å². The summed E-state index contributed by atoms with van der Waals surface area (Å²) in [5.74, 6) is 6.28. The summed E-state index contributed by atoms with van der Waals surface area (Å²) in [5.41, 5.74) is 7.17. The molecule has 0 unspecified atom stereocenters. The Balaban J connectivity index is 2.64. The molecule has 0 radical (unpaired) electrons. The molecule has 5 nitrogen and oxygen atoms in total. The number of rotatable bonds is 1. The summed E-state index contributed by atoms with van der Waals surface area (Å²) in [6.45, 7) is 1.91. The normalized spacial score (nSPS) is 10.5. The highest BCUT2D eigenvalue weighted by Crippen LogP contribution is 2.28. The van der Waals surface area contributed by atoms with E-state index >= 15 is 0 Å². The first-order valence-electron chi connectivity index (χ1n) is 4.32. The largest absolute Gasteiger partial charge is 0.366 e. The maximum atomic E-state index is 6.13. The smallest absolute Gasteiger partial charge is 0.241 e. The summed E-state index contributed by atoms with van der Waals surface area (Å²) in [6.07, 6.45) is 0. The molecule has 0 aliphatic rings. The highest BCUT2D eigenvalue weighted by molar-refractivity contribution is 6.33. The second-order valence-corrected chi connectivity index (χ2v) is 3.57. The van der Waals surface area contributed by atoms with E-state index in [2.05, 4.69) is 10.2 Å². The van der Waals surface area contributed by atoms with Gasteiger partial charge in [-0.3, -0.25) is 0 Å². The Morgan fingerprint density at radius 2 is 2.07 bits per heavy atom. The van der Waals surface area contributed by atoms with E-state index in [1.165, 1.54) is 4.68 Å². The van der Waals surface area contributed by atoms with Crippen molar-refractivity contribution < 1.29 is 0 Å². The van der Waals surface area contributed by atoms with Gasteiger partial charge >= 0.3 is 0 Å². The lowest BCUT2D eigenvalue weighted by molar-refractivity contribution is 1.02. The molecule has 1 aromatic heterocycles. The van der Waals surface area contributed by atoms with Gasteiger partial charge in [-0.05, 0) is 18.6 Å². The van der Waals surface area contributed by atoms with Crippen LogP contribution < -0.4 is 11.6 Å². The molecule has 0 aliphatic carbocycles. The van der Waals surface area contributed by atoms with Gasteiger partial charge in [-0.15, -0.1) is 10.2 Å². The Hall–Kier alpha value is -1.75. The van der Waals surface area contributed by atoms with Crippen LogP contribution in [0.3, 0.4) is 0 Å². The van der Waals surface area contributed by atoms with Gasteiger partial charge in [-0.25, -0.2) is 4.68 Å². The average Bonchev–Trinajstić information content (AvgIpc) is 2.53. The van der Waals surface area contributed by atoms with Crippen molar-refractivity contribution >= 4 is 17.5 Å². The van der Waals surface area contributed by atoms with Crippen molar-refractivity contribution in [1.29, 1.82) is 0 Å². The van der Waals surface area contributed by atoms with Gasteiger partial charge in [0.05, 0.1) is 5.02 Å². The minimum absolute atomic E-state index is 0.155. The van der Waals surface area contributed by atoms with Crippen LogP contribution in [0.25, 0.3) is 11.4 Å². The molecular weight excluding hydrogens is 214 g/mol. The number of hydrogen-bond donors (Lipinski definition) is 2. The summed E-state index contributed by atoms with van der Waals surface area (Å²) < 4.78 is 1.21. The second kappa shape index (κ2) is 3.43. The van der Waals surface area contributed by atoms with Crippen molar-refractivity contribution in [3.8, 4) is 11.4 Å². The molecule has 15 heavy (non-hydrogen) atoms. The Morgan fingerprint density at radius 3 is 2.67 bits per heavy atom. The Labute approximate surface area is 91.6 Å². The maximum Gasteiger partial charge on any atom is 0.241 e. The van der Waals surface area contributed by atoms with Crippen molar-refractivity contribution in [2.24, 2.45) is 0 Å². The van der Waals surface area contributed by atoms with E-state index in [9.17, 15) is 0 Å². The predicted molar refractivity (Wildman–Crippen MR) is 59.8 cm³/mol. The zero-order valence-corrected chi connectivity index (χ0v) is 8.86. The van der Waals surface area contributed by atoms with E-state index in [1.807, 2.05) is 25.1 Å². The van der Waals surface area contributed by atoms with E-state index in [-0.39, 0.29) is 5.95 Å². The molecule has 2 rings (SSSR count). The van der Waals surface area contributed by atoms with Crippen LogP contribution in [0.4, 0.5) is 5.95 Å². The zero-order chi connectivity index (χ0) is 11.0. The van der Waals surface area contributed by atoms with Gasteiger partial charge < -0.3 is 11.6 Å². The van der Waals surface area contributed by atoms with Crippen LogP contribution in [-0.4, -0.2) is 14.9 Å². The van der Waals surface area contributed by atoms with Gasteiger partial charge in [-0.2, -0.15) is 0 Å². The fourth-order valence-corrected chi connectivity index (χ4v) is 1.52. The first-order valence-corrected chi connectivity index (χ1v) is 4.70. The molecule has 0 fully saturated rings. The summed E-state index contributed by atoms with van der Waals surface area (Å²) in [6, 6.07) is 5.61. The van der Waals surface area contributed by atoms with Crippen LogP contribution in [0.5, 0.6) is 0 Å². The third-order valence-electron chi connectivity index (χ3n) is 2.15. The molecule has 0 saturated heterocycles. The fraction of sp³-hybridized carbons (Fsp3) is 0.111. The van der Waals surface area contributed by atoms with Gasteiger partial charge in [-0.1, -0.05) is 23.7 Å². The van der Waals surface area contributed by atoms with Crippen molar-refractivity contribution in [1.82, 2.24) is 14.9 Å². The van der Waals surface area contributed by atoms with E-state index in [1.54, 1.807) is 0 Å². The standard InChI is InChI=1S/C9H10ClN5/c1-5-3-2-4-6(7(5)10)8-13-14-9(11)15(8)12/h2-4H,12H2,1H3,(H2,11,14). The van der Waals surface area contributed by atoms with Gasteiger partial charge in [0, 0.05) is 5.56 Å².